The van der Waals surface area contributed by atoms with Crippen LogP contribution in [0.2, 0.25) is 0 Å². The summed E-state index contributed by atoms with van der Waals surface area (Å²) in [5, 5.41) is 9.66. The van der Waals surface area contributed by atoms with Gasteiger partial charge in [0.25, 0.3) is 5.91 Å². The lowest BCUT2D eigenvalue weighted by Gasteiger charge is -2.18. The van der Waals surface area contributed by atoms with E-state index in [2.05, 4.69) is 15.8 Å². The van der Waals surface area contributed by atoms with E-state index in [1.165, 1.54) is 0 Å². The first-order valence-corrected chi connectivity index (χ1v) is 10.4. The minimum atomic E-state index is -0.703. The Bertz CT molecular complexity index is 1040. The van der Waals surface area contributed by atoms with E-state index in [0.29, 0.717) is 30.4 Å². The zero-order chi connectivity index (χ0) is 21.6. The number of rotatable bonds is 9. The van der Waals surface area contributed by atoms with Gasteiger partial charge in [0.05, 0.1) is 7.11 Å². The highest BCUT2D eigenvalue weighted by Crippen LogP contribution is 2.27. The molecule has 1 aliphatic carbocycles. The molecule has 0 bridgehead atoms. The molecular formula is C24H25N3O4. The van der Waals surface area contributed by atoms with Crippen LogP contribution in [-0.2, 0) is 11.2 Å². The number of carbonyl (C=O) groups is 2. The van der Waals surface area contributed by atoms with Crippen molar-refractivity contribution in [1.82, 2.24) is 15.8 Å². The lowest BCUT2D eigenvalue weighted by molar-refractivity contribution is -0.123. The summed E-state index contributed by atoms with van der Waals surface area (Å²) in [6.45, 7) is 0.643. The second-order valence-corrected chi connectivity index (χ2v) is 7.71. The van der Waals surface area contributed by atoms with Gasteiger partial charge in [-0.25, -0.2) is 0 Å². The summed E-state index contributed by atoms with van der Waals surface area (Å²) in [7, 11) is 1.58. The van der Waals surface area contributed by atoms with Gasteiger partial charge in [-0.05, 0) is 36.5 Å². The number of methoxy groups -OCH3 is 1. The van der Waals surface area contributed by atoms with E-state index in [0.717, 1.165) is 24.0 Å². The molecule has 0 aliphatic heterocycles. The third-order valence-electron chi connectivity index (χ3n) is 5.26. The molecule has 1 heterocycles. The van der Waals surface area contributed by atoms with Crippen molar-refractivity contribution >= 4 is 11.8 Å². The maximum Gasteiger partial charge on any atom is 0.274 e. The number of nitrogens with one attached hydrogen (secondary N) is 2. The smallest absolute Gasteiger partial charge is 0.274 e. The molecule has 1 atom stereocenters. The number of ether oxygens (including phenoxy) is 1. The molecule has 0 saturated heterocycles. The van der Waals surface area contributed by atoms with E-state index in [1.54, 1.807) is 19.2 Å². The van der Waals surface area contributed by atoms with Gasteiger partial charge in [0.1, 0.15) is 11.8 Å². The zero-order valence-corrected chi connectivity index (χ0v) is 17.3. The Morgan fingerprint density at radius 3 is 2.68 bits per heavy atom. The molecule has 4 rings (SSSR count). The van der Waals surface area contributed by atoms with Crippen molar-refractivity contribution < 1.29 is 18.8 Å². The Hall–Kier alpha value is -3.61. The zero-order valence-electron chi connectivity index (χ0n) is 17.3. The van der Waals surface area contributed by atoms with Gasteiger partial charge in [-0.1, -0.05) is 47.6 Å². The second-order valence-electron chi connectivity index (χ2n) is 7.71. The van der Waals surface area contributed by atoms with Crippen LogP contribution in [-0.4, -0.2) is 36.7 Å². The van der Waals surface area contributed by atoms with Crippen LogP contribution < -0.4 is 15.4 Å². The van der Waals surface area contributed by atoms with Crippen LogP contribution in [0.25, 0.3) is 11.3 Å². The summed E-state index contributed by atoms with van der Waals surface area (Å²) < 4.78 is 10.6. The average Bonchev–Trinajstić information content (AvgIpc) is 3.50. The highest BCUT2D eigenvalue weighted by atomic mass is 16.5. The van der Waals surface area contributed by atoms with E-state index in [9.17, 15) is 9.59 Å². The number of aromatic nitrogens is 1. The first-order chi connectivity index (χ1) is 15.1. The maximum absolute atomic E-state index is 12.8. The van der Waals surface area contributed by atoms with Crippen molar-refractivity contribution in [1.29, 1.82) is 0 Å². The van der Waals surface area contributed by atoms with Crippen molar-refractivity contribution in [2.75, 3.05) is 13.7 Å². The first kappa shape index (κ1) is 20.7. The summed E-state index contributed by atoms with van der Waals surface area (Å²) in [5.74, 6) is 1.02. The normalized spacial score (nSPS) is 14.0. The Morgan fingerprint density at radius 2 is 1.94 bits per heavy atom. The van der Waals surface area contributed by atoms with E-state index >= 15 is 0 Å². The summed E-state index contributed by atoms with van der Waals surface area (Å²) in [4.78, 5) is 25.6. The molecular weight excluding hydrogens is 394 g/mol. The fourth-order valence-corrected chi connectivity index (χ4v) is 3.28. The Kier molecular flexibility index (Phi) is 6.31. The SMILES string of the molecule is COc1cccc(-c2cc(C(=O)N[C@H](Cc3ccccc3)C(=O)NCC3CC3)no2)c1. The van der Waals surface area contributed by atoms with E-state index in [-0.39, 0.29) is 11.6 Å². The molecule has 2 N–H and O–H groups in total. The second kappa shape index (κ2) is 9.47. The summed E-state index contributed by atoms with van der Waals surface area (Å²) >= 11 is 0. The van der Waals surface area contributed by atoms with Crippen LogP contribution in [0, 0.1) is 5.92 Å². The van der Waals surface area contributed by atoms with E-state index < -0.39 is 11.9 Å². The van der Waals surface area contributed by atoms with Crippen molar-refractivity contribution in [2.45, 2.75) is 25.3 Å². The highest BCUT2D eigenvalue weighted by molar-refractivity contribution is 5.96. The summed E-state index contributed by atoms with van der Waals surface area (Å²) in [6, 6.07) is 17.8. The van der Waals surface area contributed by atoms with E-state index in [1.807, 2.05) is 48.5 Å². The fourth-order valence-electron chi connectivity index (χ4n) is 3.28. The third kappa shape index (κ3) is 5.51. The molecule has 1 aliphatic rings. The fraction of sp³-hybridized carbons (Fsp3) is 0.292. The molecule has 7 heteroatoms. The Morgan fingerprint density at radius 1 is 1.13 bits per heavy atom. The van der Waals surface area contributed by atoms with Gasteiger partial charge >= 0.3 is 0 Å². The molecule has 1 aromatic heterocycles. The Balaban J connectivity index is 1.47. The van der Waals surface area contributed by atoms with Gasteiger partial charge in [0.2, 0.25) is 5.91 Å². The molecule has 0 spiro atoms. The predicted octanol–water partition coefficient (Wildman–Crippen LogP) is 3.22. The number of nitrogens with zero attached hydrogens (tertiary/aromatic N) is 1. The van der Waals surface area contributed by atoms with Crippen LogP contribution in [0.4, 0.5) is 0 Å². The number of hydrogen-bond donors (Lipinski definition) is 2. The standard InChI is InChI=1S/C24H25N3O4/c1-30-19-9-5-8-18(13-19)22-14-21(27-31-22)24(29)26-20(12-16-6-3-2-4-7-16)23(28)25-15-17-10-11-17/h2-9,13-14,17,20H,10-12,15H2,1H3,(H,25,28)(H,26,29)/t20-/m1/s1. The van der Waals surface area contributed by atoms with Crippen molar-refractivity contribution in [2.24, 2.45) is 5.92 Å². The molecule has 7 nitrogen and oxygen atoms in total. The average molecular weight is 419 g/mol. The molecule has 3 aromatic rings. The molecule has 160 valence electrons. The minimum Gasteiger partial charge on any atom is -0.497 e. The molecule has 31 heavy (non-hydrogen) atoms. The number of carbonyl (C=O) groups excluding carboxylic acids is 2. The molecule has 1 fully saturated rings. The van der Waals surface area contributed by atoms with Crippen LogP contribution in [0.1, 0.15) is 28.9 Å². The molecule has 0 unspecified atom stereocenters. The maximum atomic E-state index is 12.8. The van der Waals surface area contributed by atoms with Gasteiger partial charge in [0, 0.05) is 24.6 Å². The number of benzene rings is 2. The van der Waals surface area contributed by atoms with Gasteiger partial charge in [0.15, 0.2) is 11.5 Å². The third-order valence-corrected chi connectivity index (χ3v) is 5.26. The van der Waals surface area contributed by atoms with Crippen LogP contribution >= 0.6 is 0 Å². The van der Waals surface area contributed by atoms with Gasteiger partial charge in [-0.3, -0.25) is 9.59 Å². The van der Waals surface area contributed by atoms with Crippen molar-refractivity contribution in [3.63, 3.8) is 0 Å². The van der Waals surface area contributed by atoms with Crippen LogP contribution in [0.5, 0.6) is 5.75 Å². The summed E-state index contributed by atoms with van der Waals surface area (Å²) in [6.07, 6.45) is 2.67. The number of amides is 2. The number of hydrogen-bond acceptors (Lipinski definition) is 5. The predicted molar refractivity (Wildman–Crippen MR) is 116 cm³/mol. The lowest BCUT2D eigenvalue weighted by Crippen LogP contribution is -2.48. The Labute approximate surface area is 180 Å². The van der Waals surface area contributed by atoms with Gasteiger partial charge < -0.3 is 19.9 Å². The molecule has 1 saturated carbocycles. The lowest BCUT2D eigenvalue weighted by atomic mass is 10.0. The summed E-state index contributed by atoms with van der Waals surface area (Å²) in [5.41, 5.74) is 1.83. The minimum absolute atomic E-state index is 0.117. The largest absolute Gasteiger partial charge is 0.497 e. The van der Waals surface area contributed by atoms with Crippen molar-refractivity contribution in [3.8, 4) is 17.1 Å². The van der Waals surface area contributed by atoms with Crippen LogP contribution in [0.15, 0.2) is 65.2 Å². The monoisotopic (exact) mass is 419 g/mol. The molecule has 2 amide bonds. The molecule has 0 radical (unpaired) electrons. The van der Waals surface area contributed by atoms with Crippen molar-refractivity contribution in [3.05, 3.63) is 71.9 Å². The first-order valence-electron chi connectivity index (χ1n) is 10.4. The van der Waals surface area contributed by atoms with Gasteiger partial charge in [-0.15, -0.1) is 0 Å². The van der Waals surface area contributed by atoms with Gasteiger partial charge in [-0.2, -0.15) is 0 Å². The quantitative estimate of drug-likeness (QED) is 0.556. The topological polar surface area (TPSA) is 93.5 Å². The van der Waals surface area contributed by atoms with E-state index in [4.69, 9.17) is 9.26 Å². The highest BCUT2D eigenvalue weighted by Gasteiger charge is 2.27. The molecule has 2 aromatic carbocycles. The van der Waals surface area contributed by atoms with Crippen LogP contribution in [0.3, 0.4) is 0 Å².